The SMILES string of the molecule is Nc1cccc(-c2coc(N)c2)c1. The van der Waals surface area contributed by atoms with Crippen molar-refractivity contribution < 1.29 is 4.42 Å². The summed E-state index contributed by atoms with van der Waals surface area (Å²) in [6.45, 7) is 0. The lowest BCUT2D eigenvalue weighted by Gasteiger charge is -1.97. The Kier molecular flexibility index (Phi) is 1.70. The molecule has 0 aliphatic carbocycles. The zero-order chi connectivity index (χ0) is 9.26. The molecule has 1 heterocycles. The summed E-state index contributed by atoms with van der Waals surface area (Å²) in [4.78, 5) is 0. The number of nitrogens with two attached hydrogens (primary N) is 2. The van der Waals surface area contributed by atoms with Crippen molar-refractivity contribution in [2.75, 3.05) is 11.5 Å². The van der Waals surface area contributed by atoms with E-state index in [1.807, 2.05) is 24.3 Å². The van der Waals surface area contributed by atoms with Gasteiger partial charge in [0.15, 0.2) is 5.88 Å². The molecule has 1 aromatic heterocycles. The second kappa shape index (κ2) is 2.86. The van der Waals surface area contributed by atoms with E-state index in [0.717, 1.165) is 16.8 Å². The predicted octanol–water partition coefficient (Wildman–Crippen LogP) is 2.11. The summed E-state index contributed by atoms with van der Waals surface area (Å²) < 4.78 is 5.00. The van der Waals surface area contributed by atoms with Gasteiger partial charge in [-0.1, -0.05) is 12.1 Å². The Bertz CT molecular complexity index is 420. The minimum atomic E-state index is 0.414. The molecule has 1 aromatic carbocycles. The van der Waals surface area contributed by atoms with Crippen molar-refractivity contribution >= 4 is 11.6 Å². The van der Waals surface area contributed by atoms with E-state index in [4.69, 9.17) is 15.9 Å². The zero-order valence-electron chi connectivity index (χ0n) is 7.03. The smallest absolute Gasteiger partial charge is 0.190 e. The molecule has 0 fully saturated rings. The van der Waals surface area contributed by atoms with Crippen LogP contribution in [0.1, 0.15) is 0 Å². The fraction of sp³-hybridized carbons (Fsp3) is 0. The Morgan fingerprint density at radius 2 is 1.85 bits per heavy atom. The van der Waals surface area contributed by atoms with Crippen LogP contribution >= 0.6 is 0 Å². The van der Waals surface area contributed by atoms with Gasteiger partial charge in [-0.2, -0.15) is 0 Å². The monoisotopic (exact) mass is 174 g/mol. The maximum atomic E-state index is 5.64. The largest absolute Gasteiger partial charge is 0.449 e. The highest BCUT2D eigenvalue weighted by molar-refractivity contribution is 5.68. The summed E-state index contributed by atoms with van der Waals surface area (Å²) in [7, 11) is 0. The second-order valence-corrected chi connectivity index (χ2v) is 2.86. The second-order valence-electron chi connectivity index (χ2n) is 2.86. The lowest BCUT2D eigenvalue weighted by molar-refractivity contribution is 0.588. The van der Waals surface area contributed by atoms with Crippen molar-refractivity contribution in [1.82, 2.24) is 0 Å². The third-order valence-electron chi connectivity index (χ3n) is 1.84. The number of benzene rings is 1. The molecule has 0 aliphatic heterocycles. The van der Waals surface area contributed by atoms with Crippen LogP contribution in [-0.4, -0.2) is 0 Å². The average molecular weight is 174 g/mol. The average Bonchev–Trinajstić information content (AvgIpc) is 2.52. The van der Waals surface area contributed by atoms with Gasteiger partial charge in [0.25, 0.3) is 0 Å². The van der Waals surface area contributed by atoms with Crippen molar-refractivity contribution in [3.63, 3.8) is 0 Å². The molecule has 0 amide bonds. The van der Waals surface area contributed by atoms with E-state index < -0.39 is 0 Å². The number of hydrogen-bond acceptors (Lipinski definition) is 3. The number of rotatable bonds is 1. The molecule has 0 saturated heterocycles. The van der Waals surface area contributed by atoms with Gasteiger partial charge in [-0.25, -0.2) is 0 Å². The topological polar surface area (TPSA) is 65.2 Å². The van der Waals surface area contributed by atoms with E-state index in [-0.39, 0.29) is 0 Å². The van der Waals surface area contributed by atoms with E-state index in [1.54, 1.807) is 12.3 Å². The zero-order valence-corrected chi connectivity index (χ0v) is 7.03. The first-order valence-electron chi connectivity index (χ1n) is 3.95. The molecule has 0 unspecified atom stereocenters. The maximum Gasteiger partial charge on any atom is 0.190 e. The molecule has 3 heteroatoms. The van der Waals surface area contributed by atoms with Gasteiger partial charge in [0.1, 0.15) is 6.26 Å². The van der Waals surface area contributed by atoms with Gasteiger partial charge in [0.05, 0.1) is 0 Å². The molecular weight excluding hydrogens is 164 g/mol. The Balaban J connectivity index is 2.46. The summed E-state index contributed by atoms with van der Waals surface area (Å²) >= 11 is 0. The highest BCUT2D eigenvalue weighted by Gasteiger charge is 2.01. The third kappa shape index (κ3) is 1.49. The van der Waals surface area contributed by atoms with Gasteiger partial charge in [0, 0.05) is 17.3 Å². The number of nitrogen functional groups attached to an aromatic ring is 2. The Hall–Kier alpha value is -1.90. The van der Waals surface area contributed by atoms with Crippen LogP contribution < -0.4 is 11.5 Å². The van der Waals surface area contributed by atoms with Gasteiger partial charge in [-0.15, -0.1) is 0 Å². The van der Waals surface area contributed by atoms with Crippen LogP contribution in [0.4, 0.5) is 11.6 Å². The van der Waals surface area contributed by atoms with Gasteiger partial charge in [-0.05, 0) is 17.7 Å². The Morgan fingerprint density at radius 1 is 1.00 bits per heavy atom. The highest BCUT2D eigenvalue weighted by atomic mass is 16.3. The maximum absolute atomic E-state index is 5.64. The first kappa shape index (κ1) is 7.73. The van der Waals surface area contributed by atoms with Gasteiger partial charge < -0.3 is 15.9 Å². The molecule has 0 saturated carbocycles. The molecule has 0 aliphatic rings. The summed E-state index contributed by atoms with van der Waals surface area (Å²) in [6.07, 6.45) is 1.62. The summed E-state index contributed by atoms with van der Waals surface area (Å²) in [5, 5.41) is 0. The molecule has 0 bridgehead atoms. The molecule has 66 valence electrons. The van der Waals surface area contributed by atoms with Crippen LogP contribution in [0.25, 0.3) is 11.1 Å². The summed E-state index contributed by atoms with van der Waals surface area (Å²) in [5.74, 6) is 0.414. The summed E-state index contributed by atoms with van der Waals surface area (Å²) in [6, 6.07) is 9.35. The van der Waals surface area contributed by atoms with Crippen LogP contribution in [0.15, 0.2) is 41.0 Å². The molecule has 2 rings (SSSR count). The quantitative estimate of drug-likeness (QED) is 0.651. The fourth-order valence-electron chi connectivity index (χ4n) is 1.22. The van der Waals surface area contributed by atoms with Crippen LogP contribution in [0, 0.1) is 0 Å². The Labute approximate surface area is 76.0 Å². The first-order valence-corrected chi connectivity index (χ1v) is 3.95. The van der Waals surface area contributed by atoms with Crippen LogP contribution in [-0.2, 0) is 0 Å². The lowest BCUT2D eigenvalue weighted by atomic mass is 10.1. The van der Waals surface area contributed by atoms with Crippen molar-refractivity contribution in [2.45, 2.75) is 0 Å². The molecule has 2 aromatic rings. The van der Waals surface area contributed by atoms with Crippen LogP contribution in [0.3, 0.4) is 0 Å². The van der Waals surface area contributed by atoms with E-state index in [9.17, 15) is 0 Å². The molecule has 0 atom stereocenters. The number of anilines is 2. The van der Waals surface area contributed by atoms with Crippen molar-refractivity contribution in [2.24, 2.45) is 0 Å². The molecule has 13 heavy (non-hydrogen) atoms. The van der Waals surface area contributed by atoms with E-state index in [0.29, 0.717) is 5.88 Å². The number of furan rings is 1. The lowest BCUT2D eigenvalue weighted by Crippen LogP contribution is -1.83. The van der Waals surface area contributed by atoms with Gasteiger partial charge in [0.2, 0.25) is 0 Å². The number of hydrogen-bond donors (Lipinski definition) is 2. The van der Waals surface area contributed by atoms with Gasteiger partial charge >= 0.3 is 0 Å². The van der Waals surface area contributed by atoms with Crippen molar-refractivity contribution in [3.05, 3.63) is 36.6 Å². The van der Waals surface area contributed by atoms with E-state index in [2.05, 4.69) is 0 Å². The minimum absolute atomic E-state index is 0.414. The predicted molar refractivity (Wildman–Crippen MR) is 53.0 cm³/mol. The van der Waals surface area contributed by atoms with E-state index >= 15 is 0 Å². The first-order chi connectivity index (χ1) is 6.25. The van der Waals surface area contributed by atoms with Crippen LogP contribution in [0.2, 0.25) is 0 Å². The van der Waals surface area contributed by atoms with Crippen molar-refractivity contribution in [1.29, 1.82) is 0 Å². The molecule has 0 spiro atoms. The van der Waals surface area contributed by atoms with E-state index in [1.165, 1.54) is 0 Å². The Morgan fingerprint density at radius 3 is 2.46 bits per heavy atom. The molecule has 0 radical (unpaired) electrons. The minimum Gasteiger partial charge on any atom is -0.449 e. The fourth-order valence-corrected chi connectivity index (χ4v) is 1.22. The normalized spacial score (nSPS) is 10.2. The molecule has 4 N–H and O–H groups in total. The third-order valence-corrected chi connectivity index (χ3v) is 1.84. The molecule has 3 nitrogen and oxygen atoms in total. The van der Waals surface area contributed by atoms with Gasteiger partial charge in [-0.3, -0.25) is 0 Å². The summed E-state index contributed by atoms with van der Waals surface area (Å²) in [5.41, 5.74) is 13.8. The van der Waals surface area contributed by atoms with Crippen LogP contribution in [0.5, 0.6) is 0 Å². The molecular formula is C10H10N2O. The standard InChI is InChI=1S/C10H10N2O/c11-9-3-1-2-7(4-9)8-5-10(12)13-6-8/h1-6H,11-12H2. The van der Waals surface area contributed by atoms with Crippen molar-refractivity contribution in [3.8, 4) is 11.1 Å². The highest BCUT2D eigenvalue weighted by Crippen LogP contribution is 2.24.